The number of carbonyl (C=O) groups excluding carboxylic acids is 1. The summed E-state index contributed by atoms with van der Waals surface area (Å²) in [5.41, 5.74) is 10.5. The molecule has 0 aliphatic rings. The third-order valence-electron chi connectivity index (χ3n) is 1.41. The first-order chi connectivity index (χ1) is 5.63. The number of nitrogens with one attached hydrogen (secondary N) is 1. The van der Waals surface area contributed by atoms with Gasteiger partial charge in [0.2, 0.25) is 5.91 Å². The van der Waals surface area contributed by atoms with Crippen LogP contribution >= 0.6 is 0 Å². The normalized spacial score (nSPS) is 10.8. The van der Waals surface area contributed by atoms with E-state index in [1.54, 1.807) is 7.05 Å². The lowest BCUT2D eigenvalue weighted by atomic mass is 10.1. The SMILES string of the molecule is C=C(C(=O)NC)C(N)CC.CN. The summed E-state index contributed by atoms with van der Waals surface area (Å²) < 4.78 is 0. The molecule has 0 aromatic heterocycles. The molecule has 0 aromatic rings. The molecule has 0 rings (SSSR count). The highest BCUT2D eigenvalue weighted by atomic mass is 16.1. The number of likely N-dealkylation sites (N-methyl/N-ethyl adjacent to an activating group) is 1. The van der Waals surface area contributed by atoms with Crippen LogP contribution in [-0.2, 0) is 4.79 Å². The van der Waals surface area contributed by atoms with E-state index < -0.39 is 0 Å². The molecular formula is C8H19N3O. The van der Waals surface area contributed by atoms with Crippen molar-refractivity contribution in [2.24, 2.45) is 11.5 Å². The monoisotopic (exact) mass is 173 g/mol. The van der Waals surface area contributed by atoms with Gasteiger partial charge in [0.05, 0.1) is 0 Å². The van der Waals surface area contributed by atoms with E-state index in [0.29, 0.717) is 5.57 Å². The molecule has 0 bridgehead atoms. The van der Waals surface area contributed by atoms with Gasteiger partial charge in [0.25, 0.3) is 0 Å². The van der Waals surface area contributed by atoms with Crippen LogP contribution in [0.4, 0.5) is 0 Å². The maximum Gasteiger partial charge on any atom is 0.247 e. The van der Waals surface area contributed by atoms with Gasteiger partial charge < -0.3 is 16.8 Å². The van der Waals surface area contributed by atoms with Crippen molar-refractivity contribution < 1.29 is 4.79 Å². The molecule has 4 heteroatoms. The number of carbonyl (C=O) groups is 1. The second-order valence-electron chi connectivity index (χ2n) is 2.12. The molecule has 0 spiro atoms. The minimum absolute atomic E-state index is 0.172. The second-order valence-corrected chi connectivity index (χ2v) is 2.12. The molecule has 0 saturated heterocycles. The Hall–Kier alpha value is -0.870. The first kappa shape index (κ1) is 13.7. The summed E-state index contributed by atoms with van der Waals surface area (Å²) in [6.07, 6.45) is 0.742. The van der Waals surface area contributed by atoms with Crippen LogP contribution in [0.1, 0.15) is 13.3 Å². The molecular weight excluding hydrogens is 154 g/mol. The molecule has 12 heavy (non-hydrogen) atoms. The summed E-state index contributed by atoms with van der Waals surface area (Å²) in [7, 11) is 3.07. The van der Waals surface area contributed by atoms with Crippen molar-refractivity contribution >= 4 is 5.91 Å². The summed E-state index contributed by atoms with van der Waals surface area (Å²) in [5.74, 6) is -0.172. The first-order valence-electron chi connectivity index (χ1n) is 3.87. The Morgan fingerprint density at radius 3 is 2.25 bits per heavy atom. The van der Waals surface area contributed by atoms with Gasteiger partial charge in [-0.25, -0.2) is 0 Å². The Bertz CT molecular complexity index is 145. The molecule has 4 nitrogen and oxygen atoms in total. The molecule has 1 unspecified atom stereocenters. The standard InChI is InChI=1S/C7H14N2O.CH5N/c1-4-6(8)5(2)7(10)9-3;1-2/h6H,2,4,8H2,1,3H3,(H,9,10);2H2,1H3. The van der Waals surface area contributed by atoms with Crippen molar-refractivity contribution in [2.45, 2.75) is 19.4 Å². The molecule has 0 aromatic carbocycles. The van der Waals surface area contributed by atoms with Gasteiger partial charge in [0, 0.05) is 18.7 Å². The van der Waals surface area contributed by atoms with Gasteiger partial charge in [-0.3, -0.25) is 4.79 Å². The lowest BCUT2D eigenvalue weighted by Crippen LogP contribution is -2.31. The van der Waals surface area contributed by atoms with E-state index in [1.807, 2.05) is 6.92 Å². The van der Waals surface area contributed by atoms with Gasteiger partial charge >= 0.3 is 0 Å². The molecule has 0 heterocycles. The number of rotatable bonds is 3. The van der Waals surface area contributed by atoms with Crippen molar-refractivity contribution in [1.82, 2.24) is 5.32 Å². The zero-order chi connectivity index (χ0) is 10.1. The first-order valence-corrected chi connectivity index (χ1v) is 3.87. The molecule has 1 atom stereocenters. The maximum atomic E-state index is 10.8. The van der Waals surface area contributed by atoms with E-state index >= 15 is 0 Å². The Morgan fingerprint density at radius 1 is 1.58 bits per heavy atom. The summed E-state index contributed by atoms with van der Waals surface area (Å²) in [5, 5.41) is 2.46. The number of amides is 1. The molecule has 0 fully saturated rings. The lowest BCUT2D eigenvalue weighted by molar-refractivity contribution is -0.117. The third-order valence-corrected chi connectivity index (χ3v) is 1.41. The van der Waals surface area contributed by atoms with Crippen LogP contribution in [0, 0.1) is 0 Å². The second kappa shape index (κ2) is 8.23. The minimum Gasteiger partial charge on any atom is -0.355 e. The molecule has 0 aliphatic heterocycles. The number of hydrogen-bond donors (Lipinski definition) is 3. The fourth-order valence-corrected chi connectivity index (χ4v) is 0.575. The number of nitrogens with two attached hydrogens (primary N) is 2. The van der Waals surface area contributed by atoms with Crippen molar-refractivity contribution in [3.8, 4) is 0 Å². The van der Waals surface area contributed by atoms with Gasteiger partial charge in [0.15, 0.2) is 0 Å². The zero-order valence-electron chi connectivity index (χ0n) is 8.05. The summed E-state index contributed by atoms with van der Waals surface area (Å²) in [6, 6.07) is -0.208. The largest absolute Gasteiger partial charge is 0.355 e. The average molecular weight is 173 g/mol. The predicted octanol–water partition coefficient (Wildman–Crippen LogP) is -0.399. The molecule has 0 aliphatic carbocycles. The van der Waals surface area contributed by atoms with E-state index in [4.69, 9.17) is 5.73 Å². The van der Waals surface area contributed by atoms with Crippen LogP contribution in [-0.4, -0.2) is 26.0 Å². The molecule has 5 N–H and O–H groups in total. The van der Waals surface area contributed by atoms with Gasteiger partial charge in [-0.15, -0.1) is 0 Å². The fraction of sp³-hybridized carbons (Fsp3) is 0.625. The Kier molecular flexibility index (Phi) is 9.40. The summed E-state index contributed by atoms with van der Waals surface area (Å²) in [6.45, 7) is 5.47. The van der Waals surface area contributed by atoms with Crippen molar-refractivity contribution in [3.05, 3.63) is 12.2 Å². The van der Waals surface area contributed by atoms with E-state index in [0.717, 1.165) is 6.42 Å². The summed E-state index contributed by atoms with van der Waals surface area (Å²) in [4.78, 5) is 10.8. The van der Waals surface area contributed by atoms with Crippen LogP contribution in [0.3, 0.4) is 0 Å². The molecule has 1 amide bonds. The van der Waals surface area contributed by atoms with Gasteiger partial charge in [0.1, 0.15) is 0 Å². The van der Waals surface area contributed by atoms with Crippen molar-refractivity contribution in [3.63, 3.8) is 0 Å². The quantitative estimate of drug-likeness (QED) is 0.508. The van der Waals surface area contributed by atoms with Crippen LogP contribution in [0.15, 0.2) is 12.2 Å². The van der Waals surface area contributed by atoms with E-state index in [9.17, 15) is 4.79 Å². The lowest BCUT2D eigenvalue weighted by Gasteiger charge is -2.09. The topological polar surface area (TPSA) is 81.1 Å². The Morgan fingerprint density at radius 2 is 2.00 bits per heavy atom. The highest BCUT2D eigenvalue weighted by molar-refractivity contribution is 5.93. The summed E-state index contributed by atoms with van der Waals surface area (Å²) >= 11 is 0. The van der Waals surface area contributed by atoms with Crippen LogP contribution in [0.2, 0.25) is 0 Å². The Labute approximate surface area is 74.0 Å². The Balaban J connectivity index is 0. The fourth-order valence-electron chi connectivity index (χ4n) is 0.575. The van der Waals surface area contributed by atoms with Gasteiger partial charge in [-0.05, 0) is 13.5 Å². The third kappa shape index (κ3) is 4.87. The van der Waals surface area contributed by atoms with Crippen LogP contribution in [0.5, 0.6) is 0 Å². The molecule has 0 saturated carbocycles. The maximum absolute atomic E-state index is 10.8. The van der Waals surface area contributed by atoms with Crippen LogP contribution in [0.25, 0.3) is 0 Å². The van der Waals surface area contributed by atoms with Crippen LogP contribution < -0.4 is 16.8 Å². The van der Waals surface area contributed by atoms with Gasteiger partial charge in [-0.1, -0.05) is 13.5 Å². The van der Waals surface area contributed by atoms with E-state index in [1.165, 1.54) is 7.05 Å². The predicted molar refractivity (Wildman–Crippen MR) is 51.6 cm³/mol. The highest BCUT2D eigenvalue weighted by Crippen LogP contribution is 1.99. The average Bonchev–Trinajstić information content (AvgIpc) is 2.17. The van der Waals surface area contributed by atoms with Gasteiger partial charge in [-0.2, -0.15) is 0 Å². The van der Waals surface area contributed by atoms with Crippen molar-refractivity contribution in [1.29, 1.82) is 0 Å². The minimum atomic E-state index is -0.208. The number of hydrogen-bond acceptors (Lipinski definition) is 3. The zero-order valence-corrected chi connectivity index (χ0v) is 8.05. The van der Waals surface area contributed by atoms with E-state index in [2.05, 4.69) is 17.6 Å². The van der Waals surface area contributed by atoms with E-state index in [-0.39, 0.29) is 11.9 Å². The molecule has 72 valence electrons. The van der Waals surface area contributed by atoms with Crippen molar-refractivity contribution in [2.75, 3.05) is 14.1 Å². The highest BCUT2D eigenvalue weighted by Gasteiger charge is 2.10. The molecule has 0 radical (unpaired) electrons. The smallest absolute Gasteiger partial charge is 0.247 e.